The van der Waals surface area contributed by atoms with Gasteiger partial charge >= 0.3 is 0 Å². The minimum Gasteiger partial charge on any atom is -0.507 e. The lowest BCUT2D eigenvalue weighted by atomic mass is 10.1. The first-order chi connectivity index (χ1) is 9.47. The van der Waals surface area contributed by atoms with Crippen LogP contribution in [0.4, 0.5) is 0 Å². The number of halogens is 1. The minimum atomic E-state index is -0.233. The van der Waals surface area contributed by atoms with Gasteiger partial charge in [-0.2, -0.15) is 0 Å². The summed E-state index contributed by atoms with van der Waals surface area (Å²) < 4.78 is 0. The molecule has 4 nitrogen and oxygen atoms in total. The molecule has 5 heteroatoms. The molecule has 0 atom stereocenters. The number of piperazine rings is 1. The van der Waals surface area contributed by atoms with Gasteiger partial charge in [-0.05, 0) is 31.7 Å². The number of aromatic hydroxyl groups is 1. The molecule has 0 spiro atoms. The van der Waals surface area contributed by atoms with Gasteiger partial charge in [0.15, 0.2) is 5.78 Å². The van der Waals surface area contributed by atoms with Gasteiger partial charge < -0.3 is 14.9 Å². The summed E-state index contributed by atoms with van der Waals surface area (Å²) in [5, 5.41) is 10.3. The Kier molecular flexibility index (Phi) is 4.68. The number of ketones is 1. The van der Waals surface area contributed by atoms with Crippen LogP contribution in [-0.4, -0.2) is 53.9 Å². The number of hydrogen-bond donors (Lipinski definition) is 1. The number of benzene rings is 1. The molecule has 0 bridgehead atoms. The van der Waals surface area contributed by atoms with E-state index in [0.29, 0.717) is 5.02 Å². The minimum absolute atomic E-state index is 0.0278. The van der Waals surface area contributed by atoms with Crippen molar-refractivity contribution in [2.45, 2.75) is 6.92 Å². The third kappa shape index (κ3) is 3.52. The van der Waals surface area contributed by atoms with Crippen LogP contribution in [0, 0.1) is 6.92 Å². The first-order valence-corrected chi connectivity index (χ1v) is 6.99. The number of carbonyl (C=O) groups is 1. The molecule has 0 unspecified atom stereocenters. The normalized spacial score (nSPS) is 16.9. The third-order valence-corrected chi connectivity index (χ3v) is 3.92. The Balaban J connectivity index is 2.06. The molecule has 0 aliphatic carbocycles. The zero-order valence-corrected chi connectivity index (χ0v) is 12.5. The number of carbonyl (C=O) groups excluding carboxylic acids is 1. The van der Waals surface area contributed by atoms with Crippen molar-refractivity contribution in [2.75, 3.05) is 33.2 Å². The fraction of sp³-hybridized carbons (Fsp3) is 0.400. The summed E-state index contributed by atoms with van der Waals surface area (Å²) in [6.07, 6.45) is 3.29. The molecule has 0 aromatic heterocycles. The van der Waals surface area contributed by atoms with Crippen LogP contribution in [0.2, 0.25) is 5.02 Å². The molecule has 1 aliphatic rings. The number of allylic oxidation sites excluding steroid dienone is 1. The zero-order chi connectivity index (χ0) is 14.7. The molecule has 2 rings (SSSR count). The lowest BCUT2D eigenvalue weighted by Crippen LogP contribution is -2.41. The van der Waals surface area contributed by atoms with Crippen molar-refractivity contribution in [1.29, 1.82) is 0 Å². The van der Waals surface area contributed by atoms with Gasteiger partial charge in [0.05, 0.1) is 5.56 Å². The van der Waals surface area contributed by atoms with E-state index in [1.165, 1.54) is 18.2 Å². The van der Waals surface area contributed by atoms with Crippen molar-refractivity contribution < 1.29 is 9.90 Å². The molecule has 1 saturated heterocycles. The van der Waals surface area contributed by atoms with E-state index in [9.17, 15) is 9.90 Å². The molecule has 0 saturated carbocycles. The molecular formula is C15H19ClN2O2. The summed E-state index contributed by atoms with van der Waals surface area (Å²) >= 11 is 5.99. The van der Waals surface area contributed by atoms with Crippen LogP contribution in [0.25, 0.3) is 0 Å². The topological polar surface area (TPSA) is 43.8 Å². The summed E-state index contributed by atoms with van der Waals surface area (Å²) in [6.45, 7) is 5.57. The lowest BCUT2D eigenvalue weighted by molar-refractivity contribution is 0.104. The van der Waals surface area contributed by atoms with Gasteiger partial charge in [-0.25, -0.2) is 0 Å². The largest absolute Gasteiger partial charge is 0.507 e. The summed E-state index contributed by atoms with van der Waals surface area (Å²) in [7, 11) is 2.08. The fourth-order valence-electron chi connectivity index (χ4n) is 2.10. The maximum Gasteiger partial charge on any atom is 0.191 e. The molecule has 108 valence electrons. The van der Waals surface area contributed by atoms with E-state index in [4.69, 9.17) is 11.6 Å². The van der Waals surface area contributed by atoms with Crippen LogP contribution < -0.4 is 0 Å². The molecule has 1 heterocycles. The maximum absolute atomic E-state index is 12.1. The van der Waals surface area contributed by atoms with Crippen LogP contribution in [0.1, 0.15) is 15.9 Å². The molecule has 0 radical (unpaired) electrons. The number of nitrogens with zero attached hydrogens (tertiary/aromatic N) is 2. The van der Waals surface area contributed by atoms with Gasteiger partial charge in [0.1, 0.15) is 5.75 Å². The van der Waals surface area contributed by atoms with Crippen molar-refractivity contribution in [3.8, 4) is 5.75 Å². The zero-order valence-electron chi connectivity index (χ0n) is 11.8. The molecule has 1 aliphatic heterocycles. The van der Waals surface area contributed by atoms with Crippen molar-refractivity contribution in [1.82, 2.24) is 9.80 Å². The maximum atomic E-state index is 12.1. The molecule has 1 aromatic rings. The van der Waals surface area contributed by atoms with E-state index in [1.807, 2.05) is 0 Å². The Morgan fingerprint density at radius 3 is 2.60 bits per heavy atom. The molecule has 1 N–H and O–H groups in total. The monoisotopic (exact) mass is 294 g/mol. The third-order valence-electron chi connectivity index (χ3n) is 3.52. The summed E-state index contributed by atoms with van der Waals surface area (Å²) in [5.74, 6) is -0.261. The number of rotatable bonds is 3. The van der Waals surface area contributed by atoms with Crippen molar-refractivity contribution in [3.63, 3.8) is 0 Å². The second-order valence-electron chi connectivity index (χ2n) is 5.14. The Hall–Kier alpha value is -1.52. The molecule has 1 aromatic carbocycles. The highest BCUT2D eigenvalue weighted by atomic mass is 35.5. The van der Waals surface area contributed by atoms with Crippen LogP contribution >= 0.6 is 11.6 Å². The second kappa shape index (κ2) is 6.29. The van der Waals surface area contributed by atoms with Gasteiger partial charge in [-0.3, -0.25) is 4.79 Å². The Bertz CT molecular complexity index is 535. The van der Waals surface area contributed by atoms with Crippen molar-refractivity contribution >= 4 is 17.4 Å². The summed E-state index contributed by atoms with van der Waals surface area (Å²) in [5.41, 5.74) is 0.995. The first-order valence-electron chi connectivity index (χ1n) is 6.61. The number of aryl methyl sites for hydroxylation is 1. The average Bonchev–Trinajstić information content (AvgIpc) is 2.42. The van der Waals surface area contributed by atoms with Crippen molar-refractivity contribution in [2.24, 2.45) is 0 Å². The van der Waals surface area contributed by atoms with Gasteiger partial charge in [0.2, 0.25) is 0 Å². The van der Waals surface area contributed by atoms with E-state index < -0.39 is 0 Å². The highest BCUT2D eigenvalue weighted by Gasteiger charge is 2.13. The van der Waals surface area contributed by atoms with Gasteiger partial charge in [-0.15, -0.1) is 0 Å². The quantitative estimate of drug-likeness (QED) is 0.686. The number of phenolic OH excluding ortho intramolecular Hbond substituents is 1. The van der Waals surface area contributed by atoms with Gasteiger partial charge in [0, 0.05) is 43.5 Å². The standard InChI is InChI=1S/C15H19ClN2O2/c1-11-9-15(20)12(10-13(11)16)14(19)3-4-18-7-5-17(2)6-8-18/h3-4,9-10,20H,5-8H2,1-2H3/b4-3+. The van der Waals surface area contributed by atoms with Crippen LogP contribution in [0.5, 0.6) is 5.75 Å². The van der Waals surface area contributed by atoms with E-state index in [1.54, 1.807) is 13.1 Å². The van der Waals surface area contributed by atoms with Crippen LogP contribution in [0.3, 0.4) is 0 Å². The van der Waals surface area contributed by atoms with Gasteiger partial charge in [-0.1, -0.05) is 11.6 Å². The smallest absolute Gasteiger partial charge is 0.191 e. The second-order valence-corrected chi connectivity index (χ2v) is 5.54. The van der Waals surface area contributed by atoms with Crippen LogP contribution in [-0.2, 0) is 0 Å². The van der Waals surface area contributed by atoms with Gasteiger partial charge in [0.25, 0.3) is 0 Å². The molecule has 20 heavy (non-hydrogen) atoms. The Labute approximate surface area is 124 Å². The SMILES string of the molecule is Cc1cc(O)c(C(=O)/C=C/N2CCN(C)CC2)cc1Cl. The lowest BCUT2D eigenvalue weighted by Gasteiger charge is -2.31. The number of phenols is 1. The highest BCUT2D eigenvalue weighted by Crippen LogP contribution is 2.26. The summed E-state index contributed by atoms with van der Waals surface area (Å²) in [4.78, 5) is 16.4. The van der Waals surface area contributed by atoms with E-state index in [-0.39, 0.29) is 17.1 Å². The van der Waals surface area contributed by atoms with Crippen LogP contribution in [0.15, 0.2) is 24.4 Å². The number of likely N-dealkylation sites (N-methyl/N-ethyl adjacent to an activating group) is 1. The summed E-state index contributed by atoms with van der Waals surface area (Å²) in [6, 6.07) is 3.03. The molecule has 0 amide bonds. The fourth-order valence-corrected chi connectivity index (χ4v) is 2.26. The Morgan fingerprint density at radius 1 is 1.30 bits per heavy atom. The Morgan fingerprint density at radius 2 is 1.95 bits per heavy atom. The first kappa shape index (κ1) is 14.9. The predicted octanol–water partition coefficient (Wildman–Crippen LogP) is 2.30. The molecule has 1 fully saturated rings. The van der Waals surface area contributed by atoms with Crippen molar-refractivity contribution in [3.05, 3.63) is 40.6 Å². The van der Waals surface area contributed by atoms with E-state index in [2.05, 4.69) is 16.8 Å². The van der Waals surface area contributed by atoms with E-state index in [0.717, 1.165) is 31.7 Å². The predicted molar refractivity (Wildman–Crippen MR) is 80.4 cm³/mol. The number of hydrogen-bond acceptors (Lipinski definition) is 4. The molecular weight excluding hydrogens is 276 g/mol. The van der Waals surface area contributed by atoms with E-state index >= 15 is 0 Å². The average molecular weight is 295 g/mol. The highest BCUT2D eigenvalue weighted by molar-refractivity contribution is 6.32.